The highest BCUT2D eigenvalue weighted by Crippen LogP contribution is 2.21. The van der Waals surface area contributed by atoms with Crippen molar-refractivity contribution in [2.24, 2.45) is 0 Å². The fraction of sp³-hybridized carbons (Fsp3) is 0.0588. The molecule has 0 amide bonds. The summed E-state index contributed by atoms with van der Waals surface area (Å²) in [5.41, 5.74) is 1.55. The van der Waals surface area contributed by atoms with Crippen LogP contribution in [-0.4, -0.2) is 20.6 Å². The Kier molecular flexibility index (Phi) is 3.89. The monoisotopic (exact) mass is 314 g/mol. The van der Waals surface area contributed by atoms with E-state index >= 15 is 0 Å². The summed E-state index contributed by atoms with van der Waals surface area (Å²) in [6.45, 7) is 0.439. The van der Waals surface area contributed by atoms with Crippen LogP contribution >= 0.6 is 0 Å². The van der Waals surface area contributed by atoms with Crippen LogP contribution in [0.2, 0.25) is 0 Å². The number of halogens is 2. The van der Waals surface area contributed by atoms with Crippen molar-refractivity contribution in [2.75, 3.05) is 0 Å². The van der Waals surface area contributed by atoms with Crippen molar-refractivity contribution in [3.05, 3.63) is 77.6 Å². The molecule has 0 aliphatic rings. The Balaban J connectivity index is 1.88. The van der Waals surface area contributed by atoms with Gasteiger partial charge in [0.05, 0.1) is 5.56 Å². The molecular formula is C17H12F2N2O2. The number of hydrogen-bond acceptors (Lipinski definition) is 2. The fourth-order valence-electron chi connectivity index (χ4n) is 2.28. The van der Waals surface area contributed by atoms with Crippen molar-refractivity contribution in [3.63, 3.8) is 0 Å². The molecule has 2 aromatic carbocycles. The average molecular weight is 314 g/mol. The first-order chi connectivity index (χ1) is 11.0. The van der Waals surface area contributed by atoms with Crippen LogP contribution in [0.4, 0.5) is 8.78 Å². The highest BCUT2D eigenvalue weighted by Gasteiger charge is 2.10. The second-order valence-corrected chi connectivity index (χ2v) is 5.01. The van der Waals surface area contributed by atoms with Crippen LogP contribution in [-0.2, 0) is 6.54 Å². The minimum atomic E-state index is -0.985. The minimum Gasteiger partial charge on any atom is -0.478 e. The first-order valence-electron chi connectivity index (χ1n) is 6.83. The summed E-state index contributed by atoms with van der Waals surface area (Å²) in [7, 11) is 0. The molecule has 0 aliphatic carbocycles. The van der Waals surface area contributed by atoms with Gasteiger partial charge < -0.3 is 9.67 Å². The van der Waals surface area contributed by atoms with Gasteiger partial charge in [-0.15, -0.1) is 0 Å². The van der Waals surface area contributed by atoms with Gasteiger partial charge in [0.25, 0.3) is 0 Å². The Bertz CT molecular complexity index is 857. The Labute approximate surface area is 130 Å². The third-order valence-corrected chi connectivity index (χ3v) is 3.45. The number of aromatic carboxylic acids is 1. The number of imidazole rings is 1. The second kappa shape index (κ2) is 6.00. The highest BCUT2D eigenvalue weighted by atomic mass is 19.2. The zero-order chi connectivity index (χ0) is 16.4. The summed E-state index contributed by atoms with van der Waals surface area (Å²) in [6, 6.07) is 10.1. The molecule has 0 unspecified atom stereocenters. The molecule has 1 heterocycles. The molecule has 1 N–H and O–H groups in total. The van der Waals surface area contributed by atoms with E-state index in [1.54, 1.807) is 29.1 Å². The predicted octanol–water partition coefficient (Wildman–Crippen LogP) is 3.57. The van der Waals surface area contributed by atoms with Gasteiger partial charge in [-0.3, -0.25) is 0 Å². The number of rotatable bonds is 4. The fourth-order valence-corrected chi connectivity index (χ4v) is 2.28. The average Bonchev–Trinajstić information content (AvgIpc) is 2.99. The molecule has 0 spiro atoms. The van der Waals surface area contributed by atoms with Gasteiger partial charge in [0.15, 0.2) is 11.6 Å². The van der Waals surface area contributed by atoms with E-state index in [4.69, 9.17) is 5.11 Å². The van der Waals surface area contributed by atoms with Gasteiger partial charge in [-0.05, 0) is 35.9 Å². The third kappa shape index (κ3) is 3.11. The van der Waals surface area contributed by atoms with Crippen molar-refractivity contribution in [1.29, 1.82) is 0 Å². The lowest BCUT2D eigenvalue weighted by Gasteiger charge is -2.09. The van der Waals surface area contributed by atoms with Crippen LogP contribution in [0.15, 0.2) is 54.9 Å². The van der Waals surface area contributed by atoms with Crippen molar-refractivity contribution < 1.29 is 18.7 Å². The second-order valence-electron chi connectivity index (χ2n) is 5.01. The molecule has 6 heteroatoms. The van der Waals surface area contributed by atoms with Crippen molar-refractivity contribution in [3.8, 4) is 11.4 Å². The maximum absolute atomic E-state index is 13.4. The number of benzene rings is 2. The van der Waals surface area contributed by atoms with E-state index in [-0.39, 0.29) is 5.56 Å². The van der Waals surface area contributed by atoms with Gasteiger partial charge in [-0.2, -0.15) is 0 Å². The first-order valence-corrected chi connectivity index (χ1v) is 6.83. The molecule has 3 aromatic rings. The number of aromatic nitrogens is 2. The summed E-state index contributed by atoms with van der Waals surface area (Å²) in [5.74, 6) is -2.31. The number of hydrogen-bond donors (Lipinski definition) is 1. The third-order valence-electron chi connectivity index (χ3n) is 3.45. The van der Waals surface area contributed by atoms with E-state index in [9.17, 15) is 13.6 Å². The van der Waals surface area contributed by atoms with Gasteiger partial charge in [-0.25, -0.2) is 18.6 Å². The maximum atomic E-state index is 13.4. The molecule has 1 aromatic heterocycles. The highest BCUT2D eigenvalue weighted by molar-refractivity contribution is 5.87. The SMILES string of the molecule is O=C(O)c1ccc(Cn2ccnc2-c2ccc(F)c(F)c2)cc1. The van der Waals surface area contributed by atoms with Crippen molar-refractivity contribution in [1.82, 2.24) is 9.55 Å². The Hall–Kier alpha value is -3.02. The Morgan fingerprint density at radius 3 is 2.48 bits per heavy atom. The van der Waals surface area contributed by atoms with Crippen LogP contribution in [0.25, 0.3) is 11.4 Å². The zero-order valence-corrected chi connectivity index (χ0v) is 11.9. The molecule has 0 saturated heterocycles. The molecule has 0 atom stereocenters. The lowest BCUT2D eigenvalue weighted by atomic mass is 10.1. The Morgan fingerprint density at radius 1 is 1.09 bits per heavy atom. The summed E-state index contributed by atoms with van der Waals surface area (Å²) < 4.78 is 28.2. The molecule has 0 fully saturated rings. The van der Waals surface area contributed by atoms with Crippen LogP contribution in [0, 0.1) is 11.6 Å². The summed E-state index contributed by atoms with van der Waals surface area (Å²) in [4.78, 5) is 15.0. The topological polar surface area (TPSA) is 55.1 Å². The van der Waals surface area contributed by atoms with E-state index in [0.717, 1.165) is 17.7 Å². The van der Waals surface area contributed by atoms with E-state index in [0.29, 0.717) is 17.9 Å². The quantitative estimate of drug-likeness (QED) is 0.801. The molecule has 0 aliphatic heterocycles. The van der Waals surface area contributed by atoms with E-state index < -0.39 is 17.6 Å². The standard InChI is InChI=1S/C17H12F2N2O2/c18-14-6-5-13(9-15(14)19)16-20-7-8-21(16)10-11-1-3-12(4-2-11)17(22)23/h1-9H,10H2,(H,22,23). The first kappa shape index (κ1) is 14.9. The molecule has 116 valence electrons. The molecule has 0 radical (unpaired) electrons. The summed E-state index contributed by atoms with van der Waals surface area (Å²) >= 11 is 0. The van der Waals surface area contributed by atoms with Crippen LogP contribution in [0.1, 0.15) is 15.9 Å². The van der Waals surface area contributed by atoms with Crippen molar-refractivity contribution >= 4 is 5.97 Å². The summed E-state index contributed by atoms with van der Waals surface area (Å²) in [5, 5.41) is 8.89. The molecule has 23 heavy (non-hydrogen) atoms. The predicted molar refractivity (Wildman–Crippen MR) is 80.1 cm³/mol. The lowest BCUT2D eigenvalue weighted by molar-refractivity contribution is 0.0697. The number of carboxylic acids is 1. The van der Waals surface area contributed by atoms with Crippen LogP contribution < -0.4 is 0 Å². The van der Waals surface area contributed by atoms with Gasteiger partial charge in [0.1, 0.15) is 5.82 Å². The van der Waals surface area contributed by atoms with E-state index in [1.165, 1.54) is 18.2 Å². The smallest absolute Gasteiger partial charge is 0.335 e. The van der Waals surface area contributed by atoms with Gasteiger partial charge in [0.2, 0.25) is 0 Å². The molecule has 0 bridgehead atoms. The lowest BCUT2D eigenvalue weighted by Crippen LogP contribution is -2.02. The van der Waals surface area contributed by atoms with Gasteiger partial charge in [-0.1, -0.05) is 12.1 Å². The molecular weight excluding hydrogens is 302 g/mol. The maximum Gasteiger partial charge on any atom is 0.335 e. The molecule has 3 rings (SSSR count). The van der Waals surface area contributed by atoms with E-state index in [1.807, 2.05) is 0 Å². The zero-order valence-electron chi connectivity index (χ0n) is 11.9. The van der Waals surface area contributed by atoms with E-state index in [2.05, 4.69) is 4.98 Å². The normalized spacial score (nSPS) is 10.7. The number of nitrogens with zero attached hydrogens (tertiary/aromatic N) is 2. The molecule has 0 saturated carbocycles. The summed E-state index contributed by atoms with van der Waals surface area (Å²) in [6.07, 6.45) is 3.30. The minimum absolute atomic E-state index is 0.209. The Morgan fingerprint density at radius 2 is 1.83 bits per heavy atom. The van der Waals surface area contributed by atoms with Crippen LogP contribution in [0.5, 0.6) is 0 Å². The van der Waals surface area contributed by atoms with Crippen LogP contribution in [0.3, 0.4) is 0 Å². The largest absolute Gasteiger partial charge is 0.478 e. The van der Waals surface area contributed by atoms with Gasteiger partial charge >= 0.3 is 5.97 Å². The number of carbonyl (C=O) groups is 1. The van der Waals surface area contributed by atoms with Gasteiger partial charge in [0, 0.05) is 24.5 Å². The number of carboxylic acid groups (broad SMARTS) is 1. The van der Waals surface area contributed by atoms with Crippen molar-refractivity contribution in [2.45, 2.75) is 6.54 Å². The molecule has 4 nitrogen and oxygen atoms in total.